The van der Waals surface area contributed by atoms with Gasteiger partial charge in [-0.15, -0.1) is 0 Å². The number of nitrogens with one attached hydrogen (secondary N) is 4. The number of rotatable bonds is 19. The van der Waals surface area contributed by atoms with Gasteiger partial charge in [-0.3, -0.25) is 9.59 Å². The third kappa shape index (κ3) is 11.3. The van der Waals surface area contributed by atoms with E-state index in [1.165, 1.54) is 0 Å². The van der Waals surface area contributed by atoms with E-state index in [4.69, 9.17) is 24.3 Å². The molecule has 0 aliphatic rings. The Labute approximate surface area is 333 Å². The quantitative estimate of drug-likeness (QED) is 0.0503. The smallest absolute Gasteiger partial charge is 0.408 e. The molecule has 0 radical (unpaired) electrons. The Morgan fingerprint density at radius 1 is 0.776 bits per heavy atom. The molecule has 16 heteroatoms. The zero-order valence-corrected chi connectivity index (χ0v) is 31.4. The molecule has 0 saturated carbocycles. The molecule has 0 saturated heterocycles. The van der Waals surface area contributed by atoms with Crippen LogP contribution in [0.15, 0.2) is 114 Å². The Morgan fingerprint density at radius 3 is 2.16 bits per heavy atom. The molecule has 6 rings (SSSR count). The van der Waals surface area contributed by atoms with Gasteiger partial charge in [0.15, 0.2) is 17.3 Å². The summed E-state index contributed by atoms with van der Waals surface area (Å²) in [6.07, 6.45) is 0.178. The van der Waals surface area contributed by atoms with E-state index < -0.39 is 24.1 Å². The van der Waals surface area contributed by atoms with Gasteiger partial charge in [0.2, 0.25) is 11.7 Å². The average molecular weight is 784 g/mol. The van der Waals surface area contributed by atoms with Crippen molar-refractivity contribution in [2.24, 2.45) is 0 Å². The fourth-order valence-electron chi connectivity index (χ4n) is 5.92. The number of unbranched alkanes of at least 4 members (excludes halogenated alkanes) is 1. The first-order chi connectivity index (χ1) is 28.4. The number of carbonyl (C=O) groups excluding carboxylic acids is 4. The van der Waals surface area contributed by atoms with Gasteiger partial charge in [0.25, 0.3) is 0 Å². The van der Waals surface area contributed by atoms with E-state index in [1.54, 1.807) is 28.8 Å². The highest BCUT2D eigenvalue weighted by molar-refractivity contribution is 5.99. The summed E-state index contributed by atoms with van der Waals surface area (Å²) >= 11 is 0. The second-order valence-corrected chi connectivity index (χ2v) is 13.0. The summed E-state index contributed by atoms with van der Waals surface area (Å²) in [4.78, 5) is 56.9. The molecule has 4 N–H and O–H groups in total. The first kappa shape index (κ1) is 40.1. The lowest BCUT2D eigenvalue weighted by Gasteiger charge is -2.19. The number of amides is 3. The number of hydrogen-bond donors (Lipinski definition) is 4. The number of nitriles is 1. The molecule has 0 aliphatic carbocycles. The van der Waals surface area contributed by atoms with Crippen LogP contribution in [-0.2, 0) is 34.0 Å². The summed E-state index contributed by atoms with van der Waals surface area (Å²) in [5, 5.41) is 28.1. The predicted octanol–water partition coefficient (Wildman–Crippen LogP) is 6.62. The summed E-state index contributed by atoms with van der Waals surface area (Å²) in [5.41, 5.74) is 4.07. The molecular formula is C42H41N9O7. The minimum Gasteiger partial charge on any atom is -0.445 e. The molecule has 2 heterocycles. The summed E-state index contributed by atoms with van der Waals surface area (Å²) in [5.74, 6) is -0.0665. The average Bonchev–Trinajstić information content (AvgIpc) is 3.87. The van der Waals surface area contributed by atoms with Gasteiger partial charge >= 0.3 is 12.2 Å². The van der Waals surface area contributed by atoms with Crippen LogP contribution in [0.1, 0.15) is 47.2 Å². The number of benzene rings is 4. The van der Waals surface area contributed by atoms with E-state index in [9.17, 15) is 19.2 Å². The lowest BCUT2D eigenvalue weighted by atomic mass is 10.1. The van der Waals surface area contributed by atoms with Crippen LogP contribution >= 0.6 is 0 Å². The van der Waals surface area contributed by atoms with Gasteiger partial charge in [-0.25, -0.2) is 19.2 Å². The number of aromatic nitrogens is 4. The van der Waals surface area contributed by atoms with Crippen molar-refractivity contribution in [2.75, 3.05) is 23.7 Å². The van der Waals surface area contributed by atoms with Gasteiger partial charge in [0.1, 0.15) is 19.3 Å². The molecule has 4 aromatic carbocycles. The number of alkyl carbamates (subject to hydrolysis) is 2. The molecule has 1 atom stereocenters. The number of hydrogen-bond acceptors (Lipinski definition) is 12. The van der Waals surface area contributed by atoms with Gasteiger partial charge in [-0.05, 0) is 77.1 Å². The van der Waals surface area contributed by atoms with Gasteiger partial charge < -0.3 is 35.3 Å². The van der Waals surface area contributed by atoms with Crippen LogP contribution in [0, 0.1) is 11.3 Å². The summed E-state index contributed by atoms with van der Waals surface area (Å²) in [6, 6.07) is 33.3. The fraction of sp³-hybridized carbons (Fsp3) is 0.238. The van der Waals surface area contributed by atoms with E-state index >= 15 is 0 Å². The Kier molecular flexibility index (Phi) is 14.1. The molecule has 0 spiro atoms. The molecule has 0 bridgehead atoms. The highest BCUT2D eigenvalue weighted by Gasteiger charge is 2.24. The summed E-state index contributed by atoms with van der Waals surface area (Å²) < 4.78 is 17.3. The van der Waals surface area contributed by atoms with E-state index in [-0.39, 0.29) is 38.4 Å². The maximum Gasteiger partial charge on any atom is 0.408 e. The molecule has 0 fully saturated rings. The van der Waals surface area contributed by atoms with E-state index in [0.717, 1.165) is 11.1 Å². The van der Waals surface area contributed by atoms with Crippen molar-refractivity contribution in [1.82, 2.24) is 30.5 Å². The molecule has 2 aromatic heterocycles. The van der Waals surface area contributed by atoms with E-state index in [0.29, 0.717) is 65.6 Å². The van der Waals surface area contributed by atoms with E-state index in [1.807, 2.05) is 84.9 Å². The first-order valence-electron chi connectivity index (χ1n) is 18.6. The lowest BCUT2D eigenvalue weighted by Crippen LogP contribution is -2.44. The van der Waals surface area contributed by atoms with Crippen molar-refractivity contribution in [3.63, 3.8) is 0 Å². The van der Waals surface area contributed by atoms with Crippen molar-refractivity contribution in [2.45, 2.75) is 51.5 Å². The Bertz CT molecular complexity index is 2340. The minimum atomic E-state index is -0.965. The second kappa shape index (κ2) is 20.4. The first-order valence-corrected chi connectivity index (χ1v) is 18.6. The maximum absolute atomic E-state index is 13.7. The van der Waals surface area contributed by atoms with Crippen molar-refractivity contribution >= 4 is 46.4 Å². The molecule has 16 nitrogen and oxygen atoms in total. The number of ether oxygens (including phenoxy) is 2. The Morgan fingerprint density at radius 2 is 1.45 bits per heavy atom. The number of carbonyl (C=O) groups is 4. The number of imidazole rings is 1. The van der Waals surface area contributed by atoms with E-state index in [2.05, 4.69) is 37.6 Å². The van der Waals surface area contributed by atoms with Crippen molar-refractivity contribution in [3.05, 3.63) is 126 Å². The van der Waals surface area contributed by atoms with Crippen LogP contribution in [0.5, 0.6) is 0 Å². The van der Waals surface area contributed by atoms with Crippen LogP contribution in [0.25, 0.3) is 22.6 Å². The Hall–Kier alpha value is -7.54. The lowest BCUT2D eigenvalue weighted by molar-refractivity contribution is -0.118. The number of nitrogens with zero attached hydrogens (tertiary/aromatic N) is 5. The van der Waals surface area contributed by atoms with Gasteiger partial charge in [0.05, 0.1) is 30.1 Å². The molecule has 296 valence electrons. The molecule has 1 unspecified atom stereocenters. The SMILES string of the molecule is N#CCCNc1nonc1-c1nc2ccccc2n1CC(=O)c1ccc(NC(=O)C(CCCCNC(=O)OCc2ccccc2)NC(=O)OCc2ccccc2)cc1. The van der Waals surface area contributed by atoms with Crippen LogP contribution in [0.2, 0.25) is 0 Å². The summed E-state index contributed by atoms with van der Waals surface area (Å²) in [7, 11) is 0. The van der Waals surface area contributed by atoms with Gasteiger partial charge in [-0.2, -0.15) is 5.26 Å². The standard InChI is InChI=1S/C42H41N9O7/c43-23-11-25-44-38-37(49-58-50-38)39-47-33-16-7-8-18-35(33)51(39)26-36(52)31-19-21-32(22-20-31)46-40(53)34(48-42(55)57-28-30-14-5-2-6-15-30)17-9-10-24-45-41(54)56-27-29-12-3-1-4-13-29/h1-8,12-16,18-22,34H,9-11,17,24-28H2,(H,44,50)(H,45,54)(H,46,53)(H,48,55). The highest BCUT2D eigenvalue weighted by Crippen LogP contribution is 2.28. The maximum atomic E-state index is 13.7. The highest BCUT2D eigenvalue weighted by atomic mass is 16.6. The molecule has 3 amide bonds. The predicted molar refractivity (Wildman–Crippen MR) is 213 cm³/mol. The normalized spacial score (nSPS) is 11.2. The topological polar surface area (TPSA) is 215 Å². The van der Waals surface area contributed by atoms with Crippen molar-refractivity contribution in [1.29, 1.82) is 5.26 Å². The third-order valence-electron chi connectivity index (χ3n) is 8.88. The summed E-state index contributed by atoms with van der Waals surface area (Å²) in [6.45, 7) is 0.705. The van der Waals surface area contributed by atoms with Crippen LogP contribution in [0.3, 0.4) is 0 Å². The molecule has 58 heavy (non-hydrogen) atoms. The Balaban J connectivity index is 1.07. The van der Waals surface area contributed by atoms with Crippen LogP contribution in [0.4, 0.5) is 21.1 Å². The van der Waals surface area contributed by atoms with Crippen molar-refractivity contribution in [3.8, 4) is 17.6 Å². The third-order valence-corrected chi connectivity index (χ3v) is 8.88. The zero-order chi connectivity index (χ0) is 40.5. The second-order valence-electron chi connectivity index (χ2n) is 13.0. The number of ketones is 1. The zero-order valence-electron chi connectivity index (χ0n) is 31.4. The molecular weight excluding hydrogens is 743 g/mol. The largest absolute Gasteiger partial charge is 0.445 e. The molecule has 6 aromatic rings. The monoisotopic (exact) mass is 783 g/mol. The number of anilines is 2. The fourth-order valence-corrected chi connectivity index (χ4v) is 5.92. The minimum absolute atomic E-state index is 0.0255. The van der Waals surface area contributed by atoms with Crippen LogP contribution in [-0.4, -0.2) is 62.9 Å². The van der Waals surface area contributed by atoms with Gasteiger partial charge in [0, 0.05) is 24.3 Å². The van der Waals surface area contributed by atoms with Crippen LogP contribution < -0.4 is 21.3 Å². The number of fused-ring (bicyclic) bond motifs is 1. The van der Waals surface area contributed by atoms with Crippen molar-refractivity contribution < 1.29 is 33.3 Å². The van der Waals surface area contributed by atoms with Gasteiger partial charge in [-0.1, -0.05) is 72.8 Å². The number of Topliss-reactive ketones (excluding diaryl/α,β-unsaturated/α-hetero) is 1. The number of para-hydroxylation sites is 2. The molecule has 0 aliphatic heterocycles.